The number of unbranched alkanes of at least 4 members (excludes halogenated alkanes) is 3. The number of carboxylic acids is 1. The van der Waals surface area contributed by atoms with Crippen LogP contribution in [0.25, 0.3) is 0 Å². The number of carbonyl (C=O) groups is 13. The summed E-state index contributed by atoms with van der Waals surface area (Å²) in [5.41, 5.74) is 6.27. The first-order valence-corrected chi connectivity index (χ1v) is 34.0. The average molecular weight is 1460 g/mol. The van der Waals surface area contributed by atoms with E-state index in [4.69, 9.17) is 35.0 Å². The van der Waals surface area contributed by atoms with Crippen LogP contribution in [0.4, 0.5) is 4.79 Å². The van der Waals surface area contributed by atoms with Gasteiger partial charge in [0.05, 0.1) is 49.1 Å². The summed E-state index contributed by atoms with van der Waals surface area (Å²) in [6, 6.07) is 12.9. The number of allylic oxidation sites excluding steroid dienone is 6. The molecule has 8 amide bonds. The van der Waals surface area contributed by atoms with Crippen molar-refractivity contribution >= 4 is 77.1 Å². The number of hydrogen-bond donors (Lipinski definition) is 10. The van der Waals surface area contributed by atoms with E-state index >= 15 is 0 Å². The molecule has 0 saturated heterocycles. The van der Waals surface area contributed by atoms with Gasteiger partial charge in [-0.3, -0.25) is 43.2 Å². The van der Waals surface area contributed by atoms with Crippen molar-refractivity contribution in [2.75, 3.05) is 0 Å². The standard InChI is InChI=1S/C28H40N4O7.C22H30N4O6.C22H28N4O5.C2H3N/c1-8-10-11-14-21(16-18(3)33)38-26(36)19(4)30-24(34)22(9-2)32-25(35)23-15-12-13-20(31-23)17-29-27(37)39-28(5,6)7;1-4-6-7-10-16(12-19(27)28)32-22(31)14(3)24-20(29)17(5-2)26-21(30)18-11-8-9-15(13-23)25-18;1-4-6-7-10-16-12-19(27)23-13-15-9-8-11-18(25-15)21(29)26-17(5-2)20(28)24-14(3)22(30)31-16;1-2-3/h9,11-15,19,21H,8,10,16-17H2,1-7H3,(H,29,37)(H,30,34)(H,32,35);5,7-11,14,16H,4,6,12-13,23H2,1-3H3,(H,24,29)(H,26,30)(H,27,28);5,7-11,14,16H,4,6,12-13H2,1-3H3,(H,23,27)(H,24,28)(H,26,29);1H3/b14-11+,22-9-;2*10-7+,17-5-;/t19-,21+;2*14-,16+;/m000./s1. The van der Waals surface area contributed by atoms with Crippen LogP contribution in [0, 0.1) is 11.3 Å². The first-order chi connectivity index (χ1) is 49.7. The van der Waals surface area contributed by atoms with Gasteiger partial charge in [0.25, 0.3) is 35.4 Å². The topological polar surface area (TPSA) is 464 Å². The quantitative estimate of drug-likeness (QED) is 0.0152. The number of fused-ring (bicyclic) bond motifs is 2. The van der Waals surface area contributed by atoms with Crippen molar-refractivity contribution in [1.29, 1.82) is 5.26 Å². The summed E-state index contributed by atoms with van der Waals surface area (Å²) < 4.78 is 21.2. The van der Waals surface area contributed by atoms with Crippen molar-refractivity contribution in [1.82, 2.24) is 57.5 Å². The fraction of sp³-hybridized carbons (Fsp3) is 0.446. The number of alkyl carbamates (subject to hydrolysis) is 1. The molecule has 0 unspecified atom stereocenters. The summed E-state index contributed by atoms with van der Waals surface area (Å²) >= 11 is 0. The van der Waals surface area contributed by atoms with Gasteiger partial charge in [-0.25, -0.2) is 34.1 Å². The lowest BCUT2D eigenvalue weighted by atomic mass is 10.1. The highest BCUT2D eigenvalue weighted by Crippen LogP contribution is 2.13. The number of carbonyl (C=O) groups excluding carboxylic acids is 12. The van der Waals surface area contributed by atoms with Crippen LogP contribution in [0.15, 0.2) is 126 Å². The molecule has 4 rings (SSSR count). The molecule has 0 saturated carbocycles. The average Bonchev–Trinajstić information content (AvgIpc) is 0.873. The minimum Gasteiger partial charge on any atom is -0.481 e. The first kappa shape index (κ1) is 91.5. The fourth-order valence-electron chi connectivity index (χ4n) is 8.29. The summed E-state index contributed by atoms with van der Waals surface area (Å²) in [7, 11) is 0. The normalized spacial score (nSPS) is 15.7. The number of aromatic nitrogens is 3. The van der Waals surface area contributed by atoms with E-state index in [9.17, 15) is 62.3 Å². The van der Waals surface area contributed by atoms with Crippen LogP contribution in [0.2, 0.25) is 0 Å². The maximum Gasteiger partial charge on any atom is 0.407 e. The molecule has 31 heteroatoms. The highest BCUT2D eigenvalue weighted by atomic mass is 16.6. The molecule has 11 N–H and O–H groups in total. The number of carboxylic acid groups (broad SMARTS) is 1. The number of nitrogens with one attached hydrogen (secondary N) is 8. The lowest BCUT2D eigenvalue weighted by Crippen LogP contribution is -2.44. The SMILES string of the molecule is C/C=C(\NC(=O)c1cccc(CN)n1)C(=O)N[C@@H](C)C(=O)O[C@H](/C=C/CCC)CC(=O)O.C/C=C(\NC(=O)c1cccc(CNC(=O)OC(C)(C)C)n1)C(=O)N[C@@H](C)C(=O)O[C@H](/C=C/CCC)CC(C)=O.C/C=C1\NC(=O)c2cccc(n2)CNC(=O)C[C@@H](/C=C/CCC)OC(=O)[C@H](C)NC1=O.CC#N. The maximum absolute atomic E-state index is 12.8. The Morgan fingerprint density at radius 3 is 1.70 bits per heavy atom. The van der Waals surface area contributed by atoms with Crippen molar-refractivity contribution in [3.8, 4) is 6.07 Å². The molecule has 3 aromatic rings. The van der Waals surface area contributed by atoms with Gasteiger partial charge in [-0.05, 0) is 143 Å². The van der Waals surface area contributed by atoms with Crippen LogP contribution in [-0.4, -0.2) is 139 Å². The third-order valence-electron chi connectivity index (χ3n) is 13.5. The van der Waals surface area contributed by atoms with Gasteiger partial charge in [0, 0.05) is 19.9 Å². The molecule has 0 fully saturated rings. The molecule has 0 aliphatic carbocycles. The molecule has 3 aromatic heterocycles. The van der Waals surface area contributed by atoms with E-state index in [0.717, 1.165) is 32.1 Å². The second-order valence-corrected chi connectivity index (χ2v) is 23.9. The van der Waals surface area contributed by atoms with Crippen LogP contribution < -0.4 is 48.3 Å². The van der Waals surface area contributed by atoms with Crippen LogP contribution in [0.1, 0.15) is 203 Å². The Balaban J connectivity index is 0.000000778. The molecule has 2 bridgehead atoms. The Hall–Kier alpha value is -11.6. The number of cyclic esters (lactones) is 1. The number of Topliss-reactive ketones (excluding diaryl/α,β-unsaturated/α-hetero) is 1. The van der Waals surface area contributed by atoms with Crippen molar-refractivity contribution in [3.05, 3.63) is 161 Å². The van der Waals surface area contributed by atoms with E-state index in [0.29, 0.717) is 23.5 Å². The molecule has 0 spiro atoms. The summed E-state index contributed by atoms with van der Waals surface area (Å²) in [6.45, 7) is 23.3. The zero-order chi connectivity index (χ0) is 79.2. The van der Waals surface area contributed by atoms with Gasteiger partial charge in [0.15, 0.2) is 0 Å². The molecule has 1 aliphatic rings. The largest absolute Gasteiger partial charge is 0.481 e. The maximum atomic E-state index is 12.8. The van der Waals surface area contributed by atoms with Gasteiger partial charge < -0.3 is 72.3 Å². The lowest BCUT2D eigenvalue weighted by Gasteiger charge is -2.19. The Labute approximate surface area is 612 Å². The fourth-order valence-corrected chi connectivity index (χ4v) is 8.29. The van der Waals surface area contributed by atoms with E-state index in [1.54, 1.807) is 102 Å². The van der Waals surface area contributed by atoms with Crippen molar-refractivity contribution in [3.63, 3.8) is 0 Å². The Kier molecular flexibility index (Phi) is 43.5. The minimum atomic E-state index is -1.12. The second-order valence-electron chi connectivity index (χ2n) is 23.9. The van der Waals surface area contributed by atoms with Gasteiger partial charge in [0.2, 0.25) is 5.91 Å². The number of pyridine rings is 3. The molecule has 0 radical (unpaired) electrons. The third kappa shape index (κ3) is 38.3. The molecule has 4 heterocycles. The van der Waals surface area contributed by atoms with E-state index in [2.05, 4.69) is 57.5 Å². The van der Waals surface area contributed by atoms with Gasteiger partial charge in [-0.2, -0.15) is 5.26 Å². The monoisotopic (exact) mass is 1460 g/mol. The molecule has 570 valence electrons. The summed E-state index contributed by atoms with van der Waals surface area (Å²) in [5, 5.41) is 36.4. The molecule has 1 aliphatic heterocycles. The van der Waals surface area contributed by atoms with Gasteiger partial charge in [-0.15, -0.1) is 0 Å². The molecular weight excluding hydrogens is 1360 g/mol. The zero-order valence-corrected chi connectivity index (χ0v) is 62.1. The summed E-state index contributed by atoms with van der Waals surface area (Å²) in [5.74, 6) is -7.71. The van der Waals surface area contributed by atoms with Gasteiger partial charge in [0.1, 0.15) is 82.0 Å². The van der Waals surface area contributed by atoms with Crippen molar-refractivity contribution < 1.29 is 86.4 Å². The number of ketones is 1. The van der Waals surface area contributed by atoms with E-state index in [1.165, 1.54) is 77.1 Å². The number of rotatable bonds is 28. The van der Waals surface area contributed by atoms with Gasteiger partial charge in [-0.1, -0.05) is 94.7 Å². The van der Waals surface area contributed by atoms with Crippen LogP contribution in [0.5, 0.6) is 0 Å². The highest BCUT2D eigenvalue weighted by molar-refractivity contribution is 6.05. The summed E-state index contributed by atoms with van der Waals surface area (Å²) in [4.78, 5) is 172. The number of hydrogen-bond acceptors (Lipinski definition) is 22. The molecule has 31 nitrogen and oxygen atoms in total. The lowest BCUT2D eigenvalue weighted by molar-refractivity contribution is -0.153. The Morgan fingerprint density at radius 2 is 1.23 bits per heavy atom. The minimum absolute atomic E-state index is 0.0170. The predicted molar refractivity (Wildman–Crippen MR) is 387 cm³/mol. The molecule has 0 aromatic carbocycles. The molecular formula is C74H101N13O18. The smallest absolute Gasteiger partial charge is 0.407 e. The Bertz CT molecular complexity index is 3700. The molecule has 6 atom stereocenters. The Morgan fingerprint density at radius 1 is 0.733 bits per heavy atom. The first-order valence-electron chi connectivity index (χ1n) is 34.0. The zero-order valence-electron chi connectivity index (χ0n) is 62.1. The van der Waals surface area contributed by atoms with E-state index in [1.807, 2.05) is 32.9 Å². The summed E-state index contributed by atoms with van der Waals surface area (Å²) in [6.07, 6.45) is 15.9. The number of amides is 8. The third-order valence-corrected chi connectivity index (χ3v) is 13.5. The number of nitrogens with two attached hydrogens (primary N) is 1. The van der Waals surface area contributed by atoms with Crippen LogP contribution in [0.3, 0.4) is 0 Å². The van der Waals surface area contributed by atoms with E-state index < -0.39 is 114 Å². The van der Waals surface area contributed by atoms with E-state index in [-0.39, 0.29) is 78.3 Å². The predicted octanol–water partition coefficient (Wildman–Crippen LogP) is 6.95. The van der Waals surface area contributed by atoms with Crippen LogP contribution >= 0.6 is 0 Å². The van der Waals surface area contributed by atoms with Crippen molar-refractivity contribution in [2.45, 2.75) is 216 Å². The van der Waals surface area contributed by atoms with Crippen molar-refractivity contribution in [2.24, 2.45) is 5.73 Å². The molecule has 105 heavy (non-hydrogen) atoms. The van der Waals surface area contributed by atoms with Crippen LogP contribution in [-0.2, 0) is 81.7 Å². The number of esters is 3. The number of nitriles is 1. The highest BCUT2D eigenvalue weighted by Gasteiger charge is 2.28. The number of aliphatic carboxylic acids is 1. The number of nitrogens with zero attached hydrogens (tertiary/aromatic N) is 4. The number of ether oxygens (including phenoxy) is 4. The van der Waals surface area contributed by atoms with Gasteiger partial charge >= 0.3 is 30.0 Å². The second kappa shape index (κ2) is 49.9.